The van der Waals surface area contributed by atoms with Crippen molar-refractivity contribution >= 4 is 17.2 Å². The maximum atomic E-state index is 6.50. The quantitative estimate of drug-likeness (QED) is 0.466. The van der Waals surface area contributed by atoms with E-state index in [1.54, 1.807) is 0 Å². The van der Waals surface area contributed by atoms with Crippen molar-refractivity contribution in [2.45, 2.75) is 65.7 Å². The van der Waals surface area contributed by atoms with E-state index in [0.717, 1.165) is 28.1 Å². The van der Waals surface area contributed by atoms with E-state index in [1.807, 2.05) is 12.1 Å². The first-order valence-corrected chi connectivity index (χ1v) is 10.1. The zero-order chi connectivity index (χ0) is 20.4. The summed E-state index contributed by atoms with van der Waals surface area (Å²) in [5.41, 5.74) is 7.49. The molecule has 0 saturated heterocycles. The fraction of sp³-hybridized carbons (Fsp3) is 0.385. The van der Waals surface area contributed by atoms with Gasteiger partial charge in [-0.05, 0) is 68.8 Å². The molecule has 0 fully saturated rings. The smallest absolute Gasteiger partial charge is 0.0418 e. The average molecular weight is 381 g/mol. The molecule has 0 spiro atoms. The van der Waals surface area contributed by atoms with Crippen molar-refractivity contribution in [2.24, 2.45) is 0 Å². The lowest BCUT2D eigenvalue weighted by atomic mass is 9.79. The summed E-state index contributed by atoms with van der Waals surface area (Å²) in [6.45, 7) is 19.7. The highest BCUT2D eigenvalue weighted by molar-refractivity contribution is 6.31. The van der Waals surface area contributed by atoms with Crippen LogP contribution < -0.4 is 0 Å². The van der Waals surface area contributed by atoms with Gasteiger partial charge in [-0.2, -0.15) is 0 Å². The summed E-state index contributed by atoms with van der Waals surface area (Å²) in [7, 11) is 0. The number of hydrogen-bond acceptors (Lipinski definition) is 0. The van der Waals surface area contributed by atoms with Crippen molar-refractivity contribution in [3.05, 3.63) is 76.8 Å². The van der Waals surface area contributed by atoms with Crippen molar-refractivity contribution in [1.29, 1.82) is 0 Å². The fourth-order valence-electron chi connectivity index (χ4n) is 3.12. The van der Waals surface area contributed by atoms with Crippen LogP contribution >= 0.6 is 11.6 Å². The van der Waals surface area contributed by atoms with Gasteiger partial charge in [0, 0.05) is 5.02 Å². The molecule has 0 unspecified atom stereocenters. The molecule has 0 amide bonds. The molecular weight excluding hydrogens is 348 g/mol. The number of halogens is 1. The highest BCUT2D eigenvalue weighted by atomic mass is 35.5. The summed E-state index contributed by atoms with van der Waals surface area (Å²) in [6.07, 6.45) is 5.07. The van der Waals surface area contributed by atoms with Gasteiger partial charge in [0.25, 0.3) is 0 Å². The van der Waals surface area contributed by atoms with Gasteiger partial charge in [-0.15, -0.1) is 0 Å². The Morgan fingerprint density at radius 2 is 1.37 bits per heavy atom. The van der Waals surface area contributed by atoms with Gasteiger partial charge in [0.2, 0.25) is 0 Å². The first-order valence-electron chi connectivity index (χ1n) is 9.75. The normalized spacial score (nSPS) is 13.0. The van der Waals surface area contributed by atoms with E-state index in [2.05, 4.69) is 91.5 Å². The van der Waals surface area contributed by atoms with E-state index in [9.17, 15) is 0 Å². The number of hydrogen-bond donors (Lipinski definition) is 0. The van der Waals surface area contributed by atoms with Crippen LogP contribution in [0.3, 0.4) is 0 Å². The molecule has 2 rings (SSSR count). The van der Waals surface area contributed by atoms with Crippen LogP contribution in [0.4, 0.5) is 0 Å². The van der Waals surface area contributed by atoms with E-state index in [-0.39, 0.29) is 10.8 Å². The van der Waals surface area contributed by atoms with E-state index < -0.39 is 0 Å². The number of benzene rings is 2. The second-order valence-electron chi connectivity index (χ2n) is 9.30. The van der Waals surface area contributed by atoms with Crippen LogP contribution in [0.5, 0.6) is 0 Å². The third kappa shape index (κ3) is 5.36. The predicted molar refractivity (Wildman–Crippen MR) is 123 cm³/mol. The van der Waals surface area contributed by atoms with Gasteiger partial charge < -0.3 is 0 Å². The lowest BCUT2D eigenvalue weighted by molar-refractivity contribution is 0.569. The van der Waals surface area contributed by atoms with Gasteiger partial charge >= 0.3 is 0 Å². The summed E-state index contributed by atoms with van der Waals surface area (Å²) >= 11 is 6.50. The second kappa shape index (κ2) is 8.07. The topological polar surface area (TPSA) is 0 Å². The van der Waals surface area contributed by atoms with Crippen LogP contribution in [0.25, 0.3) is 16.7 Å². The average Bonchev–Trinajstić information content (AvgIpc) is 2.57. The lowest BCUT2D eigenvalue weighted by Gasteiger charge is -2.26. The van der Waals surface area contributed by atoms with E-state index >= 15 is 0 Å². The molecule has 0 radical (unpaired) electrons. The van der Waals surface area contributed by atoms with Gasteiger partial charge in [0.15, 0.2) is 0 Å². The van der Waals surface area contributed by atoms with Gasteiger partial charge in [-0.3, -0.25) is 0 Å². The third-order valence-electron chi connectivity index (χ3n) is 4.87. The first kappa shape index (κ1) is 21.5. The molecule has 27 heavy (non-hydrogen) atoms. The zero-order valence-electron chi connectivity index (χ0n) is 17.9. The molecule has 0 aromatic heterocycles. The van der Waals surface area contributed by atoms with Crippen LogP contribution in [-0.2, 0) is 10.8 Å². The van der Waals surface area contributed by atoms with Crippen molar-refractivity contribution < 1.29 is 0 Å². The molecule has 0 bridgehead atoms. The Kier molecular flexibility index (Phi) is 6.43. The molecule has 2 aromatic rings. The summed E-state index contributed by atoms with van der Waals surface area (Å²) in [6, 6.07) is 13.3. The molecule has 144 valence electrons. The van der Waals surface area contributed by atoms with Gasteiger partial charge in [-0.25, -0.2) is 0 Å². The van der Waals surface area contributed by atoms with Crippen LogP contribution in [0.2, 0.25) is 5.02 Å². The Balaban J connectivity index is 2.72. The number of rotatable bonds is 4. The van der Waals surface area contributed by atoms with Crippen LogP contribution in [-0.4, -0.2) is 0 Å². The molecule has 2 aromatic carbocycles. The Morgan fingerprint density at radius 3 is 1.81 bits per heavy atom. The van der Waals surface area contributed by atoms with Gasteiger partial charge in [-0.1, -0.05) is 97.0 Å². The van der Waals surface area contributed by atoms with Crippen molar-refractivity contribution in [3.63, 3.8) is 0 Å². The zero-order valence-corrected chi connectivity index (χ0v) is 18.7. The SMILES string of the molecule is C=C/C(=C\CC)c1cc(Cl)cc(-c2cc(C(C)(C)C)cc(C(C)(C)C)c2)c1. The monoisotopic (exact) mass is 380 g/mol. The van der Waals surface area contributed by atoms with Crippen LogP contribution in [0.1, 0.15) is 71.6 Å². The minimum absolute atomic E-state index is 0.0891. The standard InChI is InChI=1S/C26H33Cl/c1-9-11-18(10-2)19-12-20(16-24(27)15-19)21-13-22(25(3,4)5)17-23(14-21)26(6,7)8/h10-17H,2,9H2,1,3-8H3/b18-11+. The Morgan fingerprint density at radius 1 is 0.852 bits per heavy atom. The van der Waals surface area contributed by atoms with Gasteiger partial charge in [0.05, 0.1) is 0 Å². The molecule has 0 saturated carbocycles. The summed E-state index contributed by atoms with van der Waals surface area (Å²) in [5.74, 6) is 0. The summed E-state index contributed by atoms with van der Waals surface area (Å²) < 4.78 is 0. The summed E-state index contributed by atoms with van der Waals surface area (Å²) in [5, 5.41) is 0.754. The molecule has 0 atom stereocenters. The lowest BCUT2D eigenvalue weighted by Crippen LogP contribution is -2.16. The molecule has 0 heterocycles. The Hall–Kier alpha value is -1.79. The Bertz CT molecular complexity index is 823. The van der Waals surface area contributed by atoms with Crippen LogP contribution in [0, 0.1) is 0 Å². The maximum Gasteiger partial charge on any atom is 0.0418 e. The van der Waals surface area contributed by atoms with E-state index in [0.29, 0.717) is 0 Å². The maximum absolute atomic E-state index is 6.50. The highest BCUT2D eigenvalue weighted by Crippen LogP contribution is 2.36. The van der Waals surface area contributed by atoms with Crippen LogP contribution in [0.15, 0.2) is 55.1 Å². The Labute approximate surface area is 171 Å². The molecule has 0 aliphatic heterocycles. The molecule has 1 heteroatoms. The molecule has 0 nitrogen and oxygen atoms in total. The minimum Gasteiger partial charge on any atom is -0.0985 e. The minimum atomic E-state index is 0.0891. The van der Waals surface area contributed by atoms with Crippen molar-refractivity contribution in [3.8, 4) is 11.1 Å². The molecular formula is C26H33Cl. The largest absolute Gasteiger partial charge is 0.0985 e. The molecule has 0 aliphatic carbocycles. The number of allylic oxidation sites excluding steroid dienone is 3. The first-order chi connectivity index (χ1) is 12.5. The molecule has 0 aliphatic rings. The second-order valence-corrected chi connectivity index (χ2v) is 9.74. The fourth-order valence-corrected chi connectivity index (χ4v) is 3.36. The molecule has 0 N–H and O–H groups in total. The van der Waals surface area contributed by atoms with E-state index in [4.69, 9.17) is 11.6 Å². The predicted octanol–water partition coefficient (Wildman–Crippen LogP) is 8.58. The van der Waals surface area contributed by atoms with Gasteiger partial charge in [0.1, 0.15) is 0 Å². The summed E-state index contributed by atoms with van der Waals surface area (Å²) in [4.78, 5) is 0. The van der Waals surface area contributed by atoms with Crippen molar-refractivity contribution in [1.82, 2.24) is 0 Å². The highest BCUT2D eigenvalue weighted by Gasteiger charge is 2.21. The van der Waals surface area contributed by atoms with E-state index in [1.165, 1.54) is 16.7 Å². The van der Waals surface area contributed by atoms with Crippen molar-refractivity contribution in [2.75, 3.05) is 0 Å². The third-order valence-corrected chi connectivity index (χ3v) is 5.09.